The molecular weight excluding hydrogens is 288 g/mol. The van der Waals surface area contributed by atoms with E-state index in [4.69, 9.17) is 4.74 Å². The molecule has 1 aromatic carbocycles. The Kier molecular flexibility index (Phi) is 4.31. The Morgan fingerprint density at radius 3 is 2.81 bits per heavy atom. The van der Waals surface area contributed by atoms with Gasteiger partial charge in [-0.1, -0.05) is 12.1 Å². The van der Waals surface area contributed by atoms with E-state index in [1.54, 1.807) is 19.2 Å². The van der Waals surface area contributed by atoms with Crippen LogP contribution in [0.4, 0.5) is 0 Å². The van der Waals surface area contributed by atoms with Crippen LogP contribution in [0.5, 0.6) is 0 Å². The van der Waals surface area contributed by atoms with Gasteiger partial charge in [0.05, 0.1) is 17.5 Å². The zero-order valence-corrected chi connectivity index (χ0v) is 13.1. The van der Waals surface area contributed by atoms with E-state index in [-0.39, 0.29) is 6.04 Å². The van der Waals surface area contributed by atoms with Gasteiger partial charge in [-0.15, -0.1) is 0 Å². The fraction of sp³-hybridized carbons (Fsp3) is 0.600. The van der Waals surface area contributed by atoms with E-state index in [2.05, 4.69) is 5.32 Å². The van der Waals surface area contributed by atoms with Gasteiger partial charge in [0.1, 0.15) is 0 Å². The number of rotatable bonds is 6. The summed E-state index contributed by atoms with van der Waals surface area (Å²) in [5.74, 6) is 0. The summed E-state index contributed by atoms with van der Waals surface area (Å²) in [6.07, 6.45) is 3.21. The smallest absolute Gasteiger partial charge is 0.243 e. The Bertz CT molecular complexity index is 593. The van der Waals surface area contributed by atoms with E-state index in [0.717, 1.165) is 18.5 Å². The van der Waals surface area contributed by atoms with Crippen molar-refractivity contribution in [3.63, 3.8) is 0 Å². The lowest BCUT2D eigenvalue weighted by Crippen LogP contribution is -2.37. The van der Waals surface area contributed by atoms with Gasteiger partial charge in [0.15, 0.2) is 0 Å². The predicted octanol–water partition coefficient (Wildman–Crippen LogP) is 1.35. The van der Waals surface area contributed by atoms with Crippen LogP contribution in [-0.2, 0) is 21.3 Å². The van der Waals surface area contributed by atoms with Crippen LogP contribution < -0.4 is 5.32 Å². The lowest BCUT2D eigenvalue weighted by Gasteiger charge is -2.22. The van der Waals surface area contributed by atoms with Gasteiger partial charge in [0.2, 0.25) is 10.0 Å². The average Bonchev–Trinajstić information content (AvgIpc) is 3.16. The van der Waals surface area contributed by atoms with E-state index >= 15 is 0 Å². The van der Waals surface area contributed by atoms with Gasteiger partial charge in [0.25, 0.3) is 0 Å². The quantitative estimate of drug-likeness (QED) is 0.861. The minimum Gasteiger partial charge on any atom is -0.380 e. The second-order valence-electron chi connectivity index (χ2n) is 5.84. The monoisotopic (exact) mass is 310 g/mol. The van der Waals surface area contributed by atoms with Gasteiger partial charge < -0.3 is 10.1 Å². The van der Waals surface area contributed by atoms with Gasteiger partial charge in [-0.2, -0.15) is 4.31 Å². The van der Waals surface area contributed by atoms with Gasteiger partial charge in [0, 0.05) is 26.2 Å². The van der Waals surface area contributed by atoms with Crippen LogP contribution in [0.3, 0.4) is 0 Å². The second-order valence-corrected chi connectivity index (χ2v) is 7.84. The maximum absolute atomic E-state index is 12.7. The van der Waals surface area contributed by atoms with E-state index in [9.17, 15) is 8.42 Å². The maximum Gasteiger partial charge on any atom is 0.243 e. The van der Waals surface area contributed by atoms with Gasteiger partial charge >= 0.3 is 0 Å². The summed E-state index contributed by atoms with van der Waals surface area (Å²) in [4.78, 5) is 0.368. The van der Waals surface area contributed by atoms with Crippen molar-refractivity contribution in [2.24, 2.45) is 0 Å². The number of nitrogens with one attached hydrogen (secondary N) is 1. The van der Waals surface area contributed by atoms with Crippen LogP contribution >= 0.6 is 0 Å². The molecule has 2 fully saturated rings. The molecule has 1 aromatic rings. The van der Waals surface area contributed by atoms with Gasteiger partial charge in [-0.3, -0.25) is 0 Å². The Morgan fingerprint density at radius 2 is 2.14 bits per heavy atom. The first-order valence-corrected chi connectivity index (χ1v) is 8.89. The molecule has 1 N–H and O–H groups in total. The molecule has 1 atom stereocenters. The largest absolute Gasteiger partial charge is 0.380 e. The zero-order chi connectivity index (χ0) is 14.9. The molecule has 0 spiro atoms. The summed E-state index contributed by atoms with van der Waals surface area (Å²) < 4.78 is 32.1. The van der Waals surface area contributed by atoms with Crippen LogP contribution in [0.15, 0.2) is 29.2 Å². The second kappa shape index (κ2) is 6.04. The molecule has 0 amide bonds. The van der Waals surface area contributed by atoms with Crippen molar-refractivity contribution in [3.05, 3.63) is 29.8 Å². The van der Waals surface area contributed by atoms with E-state index in [1.165, 1.54) is 17.1 Å². The third-order valence-corrected chi connectivity index (χ3v) is 6.07. The molecule has 2 aliphatic rings. The van der Waals surface area contributed by atoms with Crippen LogP contribution in [0.1, 0.15) is 24.8 Å². The third kappa shape index (κ3) is 3.45. The first-order chi connectivity index (χ1) is 10.1. The fourth-order valence-electron chi connectivity index (χ4n) is 2.54. The van der Waals surface area contributed by atoms with Crippen molar-refractivity contribution in [2.45, 2.75) is 42.8 Å². The van der Waals surface area contributed by atoms with Crippen LogP contribution in [0.25, 0.3) is 0 Å². The molecule has 116 valence electrons. The van der Waals surface area contributed by atoms with Crippen molar-refractivity contribution in [3.8, 4) is 0 Å². The molecule has 21 heavy (non-hydrogen) atoms. The highest BCUT2D eigenvalue weighted by atomic mass is 32.2. The number of hydrogen-bond donors (Lipinski definition) is 1. The lowest BCUT2D eigenvalue weighted by atomic mass is 10.2. The standard InChI is InChI=1S/C15H22N2O3S/c1-17(14-7-8-20-11-14)21(18,19)15-4-2-3-12(9-15)10-16-13-5-6-13/h2-4,9,13-14,16H,5-8,10-11H2,1H3. The zero-order valence-electron chi connectivity index (χ0n) is 12.3. The maximum atomic E-state index is 12.7. The molecule has 0 radical (unpaired) electrons. The van der Waals surface area contributed by atoms with E-state index < -0.39 is 10.0 Å². The molecule has 1 saturated heterocycles. The summed E-state index contributed by atoms with van der Waals surface area (Å²) in [6.45, 7) is 1.85. The highest BCUT2D eigenvalue weighted by molar-refractivity contribution is 7.89. The molecule has 0 aromatic heterocycles. The molecule has 3 rings (SSSR count). The highest BCUT2D eigenvalue weighted by Crippen LogP contribution is 2.23. The molecule has 1 heterocycles. The van der Waals surface area contributed by atoms with E-state index in [0.29, 0.717) is 24.2 Å². The molecule has 1 aliphatic carbocycles. The van der Waals surface area contributed by atoms with Crippen LogP contribution in [0.2, 0.25) is 0 Å². The molecule has 1 saturated carbocycles. The first kappa shape index (κ1) is 15.0. The lowest BCUT2D eigenvalue weighted by molar-refractivity contribution is 0.181. The van der Waals surface area contributed by atoms with Crippen LogP contribution in [0, 0.1) is 0 Å². The number of sulfonamides is 1. The van der Waals surface area contributed by atoms with Crippen molar-refractivity contribution in [1.29, 1.82) is 0 Å². The van der Waals surface area contributed by atoms with Crippen molar-refractivity contribution in [2.75, 3.05) is 20.3 Å². The Balaban J connectivity index is 1.75. The normalized spacial score (nSPS) is 22.9. The fourth-order valence-corrected chi connectivity index (χ4v) is 3.98. The van der Waals surface area contributed by atoms with Crippen LogP contribution in [-0.4, -0.2) is 45.1 Å². The topological polar surface area (TPSA) is 58.6 Å². The Morgan fingerprint density at radius 1 is 1.33 bits per heavy atom. The predicted molar refractivity (Wildman–Crippen MR) is 80.5 cm³/mol. The Hall–Kier alpha value is -0.950. The number of likely N-dealkylation sites (N-methyl/N-ethyl adjacent to an activating group) is 1. The van der Waals surface area contributed by atoms with Gasteiger partial charge in [-0.25, -0.2) is 8.42 Å². The molecule has 6 heteroatoms. The third-order valence-electron chi connectivity index (χ3n) is 4.17. The molecule has 1 unspecified atom stereocenters. The Labute approximate surface area is 126 Å². The molecule has 5 nitrogen and oxygen atoms in total. The summed E-state index contributed by atoms with van der Waals surface area (Å²) in [7, 11) is -1.80. The summed E-state index contributed by atoms with van der Waals surface area (Å²) in [6, 6.07) is 7.79. The number of nitrogens with zero attached hydrogens (tertiary/aromatic N) is 1. The summed E-state index contributed by atoms with van der Waals surface area (Å²) in [5.41, 5.74) is 1.01. The first-order valence-electron chi connectivity index (χ1n) is 7.45. The highest BCUT2D eigenvalue weighted by Gasteiger charge is 2.30. The molecule has 1 aliphatic heterocycles. The summed E-state index contributed by atoms with van der Waals surface area (Å²) >= 11 is 0. The summed E-state index contributed by atoms with van der Waals surface area (Å²) in [5, 5.41) is 3.41. The van der Waals surface area contributed by atoms with Crippen molar-refractivity contribution in [1.82, 2.24) is 9.62 Å². The number of benzene rings is 1. The van der Waals surface area contributed by atoms with Gasteiger partial charge in [-0.05, 0) is 37.0 Å². The minimum absolute atomic E-state index is 0.0526. The number of ether oxygens (including phenoxy) is 1. The molecule has 0 bridgehead atoms. The minimum atomic E-state index is -3.44. The van der Waals surface area contributed by atoms with Crippen molar-refractivity contribution >= 4 is 10.0 Å². The van der Waals surface area contributed by atoms with Crippen molar-refractivity contribution < 1.29 is 13.2 Å². The number of hydrogen-bond acceptors (Lipinski definition) is 4. The average molecular weight is 310 g/mol. The SMILES string of the molecule is CN(C1CCOC1)S(=O)(=O)c1cccc(CNC2CC2)c1. The van der Waals surface area contributed by atoms with E-state index in [1.807, 2.05) is 12.1 Å². The molecular formula is C15H22N2O3S.